The first kappa shape index (κ1) is 15.4. The summed E-state index contributed by atoms with van der Waals surface area (Å²) in [5.74, 6) is 2.80. The van der Waals surface area contributed by atoms with Gasteiger partial charge >= 0.3 is 0 Å². The van der Waals surface area contributed by atoms with Crippen LogP contribution in [0.15, 0.2) is 11.6 Å². The van der Waals surface area contributed by atoms with E-state index in [-0.39, 0.29) is 5.41 Å². The average molecular weight is 365 g/mol. The van der Waals surface area contributed by atoms with Crippen molar-refractivity contribution in [1.29, 1.82) is 0 Å². The third kappa shape index (κ3) is 1.98. The van der Waals surface area contributed by atoms with Gasteiger partial charge in [-0.25, -0.2) is 0 Å². The van der Waals surface area contributed by atoms with Crippen molar-refractivity contribution in [3.63, 3.8) is 0 Å². The fourth-order valence-corrected chi connectivity index (χ4v) is 7.05. The number of carbonyl (C=O) groups is 1. The molecule has 3 saturated carbocycles. The summed E-state index contributed by atoms with van der Waals surface area (Å²) in [6.45, 7) is 7.17. The molecule has 6 atom stereocenters. The van der Waals surface area contributed by atoms with Crippen molar-refractivity contribution in [3.05, 3.63) is 11.6 Å². The molecule has 0 aromatic rings. The number of rotatable bonds is 0. The Hall–Kier alpha value is -0.110. The molecule has 1 nitrogen and oxygen atoms in total. The first-order chi connectivity index (χ1) is 10.3. The van der Waals surface area contributed by atoms with Gasteiger partial charge in [-0.05, 0) is 75.0 Å². The Morgan fingerprint density at radius 3 is 2.55 bits per heavy atom. The number of allylic oxidation sites excluding steroid dienone is 2. The number of ketones is 1. The van der Waals surface area contributed by atoms with Gasteiger partial charge < -0.3 is 0 Å². The molecule has 0 aliphatic heterocycles. The van der Waals surface area contributed by atoms with Gasteiger partial charge in [0.05, 0.1) is 0 Å². The lowest BCUT2D eigenvalue weighted by molar-refractivity contribution is -0.131. The van der Waals surface area contributed by atoms with Crippen molar-refractivity contribution < 1.29 is 4.79 Å². The van der Waals surface area contributed by atoms with E-state index in [1.807, 2.05) is 0 Å². The van der Waals surface area contributed by atoms with Gasteiger partial charge in [-0.2, -0.15) is 0 Å². The second kappa shape index (κ2) is 4.71. The van der Waals surface area contributed by atoms with Crippen molar-refractivity contribution in [2.24, 2.45) is 28.6 Å². The molecule has 3 fully saturated rings. The molecule has 0 heterocycles. The van der Waals surface area contributed by atoms with Crippen LogP contribution in [0.1, 0.15) is 72.1 Å². The van der Waals surface area contributed by atoms with E-state index in [9.17, 15) is 4.79 Å². The predicted molar refractivity (Wildman–Crippen MR) is 94.0 cm³/mol. The number of Topliss-reactive ketones (excluding diaryl/α,β-unsaturated/α-hetero) is 1. The van der Waals surface area contributed by atoms with Gasteiger partial charge in [-0.1, -0.05) is 41.4 Å². The topological polar surface area (TPSA) is 17.1 Å². The smallest absolute Gasteiger partial charge is 0.139 e. The van der Waals surface area contributed by atoms with Crippen molar-refractivity contribution >= 4 is 21.7 Å². The van der Waals surface area contributed by atoms with E-state index < -0.39 is 0 Å². The number of halogens is 1. The summed E-state index contributed by atoms with van der Waals surface area (Å²) < 4.78 is 0.303. The maximum Gasteiger partial charge on any atom is 0.139 e. The standard InChI is InChI=1S/C20H29BrO/c1-18(21)10-11-19(2)13(12-18)4-5-14-15-6-7-17(22)20(15,3)9-8-16(14)19/h4,14-16H,5-12H2,1-3H3/t14-,15-,16-,18+,19-,20-/m0/s1. The Morgan fingerprint density at radius 2 is 1.77 bits per heavy atom. The highest BCUT2D eigenvalue weighted by Gasteiger charge is 2.59. The molecular formula is C20H29BrO. The zero-order chi connectivity index (χ0) is 15.8. The molecule has 122 valence electrons. The van der Waals surface area contributed by atoms with Gasteiger partial charge in [-0.3, -0.25) is 4.79 Å². The van der Waals surface area contributed by atoms with Gasteiger partial charge in [-0.15, -0.1) is 0 Å². The molecule has 0 aromatic heterocycles. The Kier molecular flexibility index (Phi) is 3.30. The first-order valence-electron chi connectivity index (χ1n) is 9.18. The molecule has 2 heteroatoms. The predicted octanol–water partition coefficient (Wildman–Crippen LogP) is 5.67. The molecule has 0 spiro atoms. The maximum absolute atomic E-state index is 12.4. The molecule has 4 rings (SSSR count). The number of hydrogen-bond donors (Lipinski definition) is 0. The molecule has 0 saturated heterocycles. The summed E-state index contributed by atoms with van der Waals surface area (Å²) in [6.07, 6.45) is 12.0. The van der Waals surface area contributed by atoms with Crippen molar-refractivity contribution in [3.8, 4) is 0 Å². The number of hydrogen-bond acceptors (Lipinski definition) is 1. The molecule has 22 heavy (non-hydrogen) atoms. The highest BCUT2D eigenvalue weighted by Crippen LogP contribution is 2.65. The third-order valence-electron chi connectivity index (χ3n) is 8.06. The fourth-order valence-electron chi connectivity index (χ4n) is 6.55. The SMILES string of the molecule is C[C@@]1(Br)CC[C@@]2(C)C(=CC[C@@H]3[C@@H]2CC[C@]2(C)C(=O)CC[C@@H]32)C1. The number of fused-ring (bicyclic) bond motifs is 5. The molecule has 4 aliphatic rings. The maximum atomic E-state index is 12.4. The summed E-state index contributed by atoms with van der Waals surface area (Å²) >= 11 is 3.94. The summed E-state index contributed by atoms with van der Waals surface area (Å²) in [4.78, 5) is 12.4. The Balaban J connectivity index is 1.69. The largest absolute Gasteiger partial charge is 0.299 e. The summed E-state index contributed by atoms with van der Waals surface area (Å²) in [5.41, 5.74) is 2.14. The lowest BCUT2D eigenvalue weighted by Gasteiger charge is -2.57. The van der Waals surface area contributed by atoms with E-state index >= 15 is 0 Å². The number of carbonyl (C=O) groups excluding carboxylic acids is 1. The van der Waals surface area contributed by atoms with Crippen LogP contribution in [0.5, 0.6) is 0 Å². The molecule has 0 radical (unpaired) electrons. The Bertz CT molecular complexity index is 548. The number of alkyl halides is 1. The van der Waals surface area contributed by atoms with Gasteiger partial charge in [0, 0.05) is 16.2 Å². The normalized spacial score (nSPS) is 54.3. The van der Waals surface area contributed by atoms with Crippen LogP contribution in [-0.4, -0.2) is 10.1 Å². The molecule has 0 unspecified atom stereocenters. The van der Waals surface area contributed by atoms with E-state index in [1.54, 1.807) is 5.57 Å². The van der Waals surface area contributed by atoms with E-state index in [0.717, 1.165) is 31.1 Å². The fraction of sp³-hybridized carbons (Fsp3) is 0.850. The average Bonchev–Trinajstić information content (AvgIpc) is 2.76. The van der Waals surface area contributed by atoms with Crippen LogP contribution in [0.4, 0.5) is 0 Å². The lowest BCUT2D eigenvalue weighted by atomic mass is 9.47. The second-order valence-electron chi connectivity index (χ2n) is 9.27. The molecule has 0 aromatic carbocycles. The molecule has 0 N–H and O–H groups in total. The van der Waals surface area contributed by atoms with E-state index in [2.05, 4.69) is 42.8 Å². The zero-order valence-corrected chi connectivity index (χ0v) is 15.8. The quantitative estimate of drug-likeness (QED) is 0.399. The van der Waals surface area contributed by atoms with Gasteiger partial charge in [0.15, 0.2) is 0 Å². The highest BCUT2D eigenvalue weighted by atomic mass is 79.9. The van der Waals surface area contributed by atoms with Crippen LogP contribution < -0.4 is 0 Å². The van der Waals surface area contributed by atoms with Crippen molar-refractivity contribution in [2.75, 3.05) is 0 Å². The molecule has 0 bridgehead atoms. The minimum atomic E-state index is 0.0154. The van der Waals surface area contributed by atoms with Crippen molar-refractivity contribution in [2.45, 2.75) is 76.5 Å². The second-order valence-corrected chi connectivity index (χ2v) is 11.2. The summed E-state index contributed by atoms with van der Waals surface area (Å²) in [7, 11) is 0. The van der Waals surface area contributed by atoms with E-state index in [1.165, 1.54) is 32.1 Å². The van der Waals surface area contributed by atoms with Crippen LogP contribution in [0, 0.1) is 28.6 Å². The van der Waals surface area contributed by atoms with E-state index in [4.69, 9.17) is 0 Å². The Morgan fingerprint density at radius 1 is 1.05 bits per heavy atom. The Labute approximate surface area is 143 Å². The van der Waals surface area contributed by atoms with Crippen LogP contribution in [0.25, 0.3) is 0 Å². The molecular weight excluding hydrogens is 336 g/mol. The minimum absolute atomic E-state index is 0.0154. The monoisotopic (exact) mass is 364 g/mol. The van der Waals surface area contributed by atoms with Crippen LogP contribution in [-0.2, 0) is 4.79 Å². The van der Waals surface area contributed by atoms with Crippen molar-refractivity contribution in [1.82, 2.24) is 0 Å². The van der Waals surface area contributed by atoms with Gasteiger partial charge in [0.1, 0.15) is 5.78 Å². The molecule has 4 aliphatic carbocycles. The molecule has 0 amide bonds. The van der Waals surface area contributed by atoms with Crippen LogP contribution in [0.2, 0.25) is 0 Å². The highest BCUT2D eigenvalue weighted by molar-refractivity contribution is 9.10. The lowest BCUT2D eigenvalue weighted by Crippen LogP contribution is -2.51. The summed E-state index contributed by atoms with van der Waals surface area (Å²) in [5, 5.41) is 0. The first-order valence-corrected chi connectivity index (χ1v) is 9.97. The minimum Gasteiger partial charge on any atom is -0.299 e. The van der Waals surface area contributed by atoms with Crippen LogP contribution >= 0.6 is 15.9 Å². The third-order valence-corrected chi connectivity index (χ3v) is 8.74. The van der Waals surface area contributed by atoms with Crippen LogP contribution in [0.3, 0.4) is 0 Å². The zero-order valence-electron chi connectivity index (χ0n) is 14.3. The van der Waals surface area contributed by atoms with E-state index in [0.29, 0.717) is 21.4 Å². The van der Waals surface area contributed by atoms with Gasteiger partial charge in [0.2, 0.25) is 0 Å². The summed E-state index contributed by atoms with van der Waals surface area (Å²) in [6, 6.07) is 0. The van der Waals surface area contributed by atoms with Gasteiger partial charge in [0.25, 0.3) is 0 Å².